The lowest BCUT2D eigenvalue weighted by atomic mass is 9.98. The molecule has 0 heterocycles. The third-order valence-corrected chi connectivity index (χ3v) is 5.13. The number of hydrogen-bond acceptors (Lipinski definition) is 6. The number of hydroxylamine groups is 2. The van der Waals surface area contributed by atoms with Gasteiger partial charge in [-0.15, -0.1) is 5.06 Å². The summed E-state index contributed by atoms with van der Waals surface area (Å²) in [5.41, 5.74) is 3.46. The van der Waals surface area contributed by atoms with Gasteiger partial charge in [-0.1, -0.05) is 48.5 Å². The van der Waals surface area contributed by atoms with Gasteiger partial charge in [-0.2, -0.15) is 0 Å². The van der Waals surface area contributed by atoms with Crippen molar-refractivity contribution < 1.29 is 29.4 Å². The van der Waals surface area contributed by atoms with Gasteiger partial charge < -0.3 is 19.8 Å². The van der Waals surface area contributed by atoms with Gasteiger partial charge in [-0.25, -0.2) is 4.79 Å². The Bertz CT molecular complexity index is 888. The Morgan fingerprint density at radius 1 is 1.03 bits per heavy atom. The summed E-state index contributed by atoms with van der Waals surface area (Å²) in [4.78, 5) is 29.4. The van der Waals surface area contributed by atoms with Crippen LogP contribution in [0.25, 0.3) is 11.1 Å². The van der Waals surface area contributed by atoms with E-state index < -0.39 is 29.8 Å². The average molecular weight is 413 g/mol. The van der Waals surface area contributed by atoms with Crippen LogP contribution in [0.2, 0.25) is 0 Å². The molecule has 0 saturated heterocycles. The summed E-state index contributed by atoms with van der Waals surface area (Å²) in [7, 11) is 0. The summed E-state index contributed by atoms with van der Waals surface area (Å²) in [6.07, 6.45) is -2.28. The van der Waals surface area contributed by atoms with Gasteiger partial charge in [0.05, 0.1) is 6.10 Å². The third-order valence-electron chi connectivity index (χ3n) is 5.13. The van der Waals surface area contributed by atoms with Gasteiger partial charge in [0.15, 0.2) is 6.04 Å². The van der Waals surface area contributed by atoms with Crippen LogP contribution in [0.5, 0.6) is 0 Å². The predicted molar refractivity (Wildman–Crippen MR) is 111 cm³/mol. The monoisotopic (exact) mass is 413 g/mol. The summed E-state index contributed by atoms with van der Waals surface area (Å²) in [6.45, 7) is 6.43. The molecule has 0 spiro atoms. The molecule has 2 aromatic carbocycles. The first-order chi connectivity index (χ1) is 14.1. The Labute approximate surface area is 175 Å². The fourth-order valence-electron chi connectivity index (χ4n) is 3.81. The van der Waals surface area contributed by atoms with Crippen molar-refractivity contribution in [3.05, 3.63) is 59.7 Å². The standard InChI is InChI=1S/C23H27NO6/c1-14(25)20(21(26)27)24(23(2,3)4)30-22(28)29-13-19-17-11-7-5-9-15(17)16-10-6-8-12-18(16)19/h5-12,14,19-20,25H,13H2,1-4H3,(H,26,27)/t14-,20+/m0/s1. The van der Waals surface area contributed by atoms with Crippen LogP contribution >= 0.6 is 0 Å². The zero-order chi connectivity index (χ0) is 22.1. The minimum absolute atomic E-state index is 0.0528. The fraction of sp³-hybridized carbons (Fsp3) is 0.391. The molecule has 0 saturated carbocycles. The van der Waals surface area contributed by atoms with Crippen molar-refractivity contribution in [1.29, 1.82) is 0 Å². The molecule has 3 rings (SSSR count). The molecule has 0 fully saturated rings. The van der Waals surface area contributed by atoms with E-state index in [1.165, 1.54) is 6.92 Å². The maximum absolute atomic E-state index is 12.5. The minimum atomic E-state index is -1.43. The molecule has 30 heavy (non-hydrogen) atoms. The third kappa shape index (κ3) is 4.32. The van der Waals surface area contributed by atoms with Crippen LogP contribution in [0, 0.1) is 0 Å². The van der Waals surface area contributed by atoms with E-state index in [-0.39, 0.29) is 12.5 Å². The topological polar surface area (TPSA) is 96.3 Å². The van der Waals surface area contributed by atoms with Crippen molar-refractivity contribution in [2.45, 2.75) is 51.3 Å². The van der Waals surface area contributed by atoms with Crippen molar-refractivity contribution in [1.82, 2.24) is 5.06 Å². The highest BCUT2D eigenvalue weighted by Gasteiger charge is 2.41. The van der Waals surface area contributed by atoms with Crippen LogP contribution in [0.15, 0.2) is 48.5 Å². The van der Waals surface area contributed by atoms with Crippen LogP contribution in [0.4, 0.5) is 4.79 Å². The lowest BCUT2D eigenvalue weighted by Crippen LogP contribution is -2.56. The molecule has 0 aliphatic heterocycles. The molecule has 0 unspecified atom stereocenters. The number of carboxylic acids is 1. The number of aliphatic hydroxyl groups excluding tert-OH is 1. The molecule has 7 nitrogen and oxygen atoms in total. The summed E-state index contributed by atoms with van der Waals surface area (Å²) in [6, 6.07) is 14.5. The first-order valence-corrected chi connectivity index (χ1v) is 9.84. The molecule has 1 aliphatic rings. The Hall–Kier alpha value is -2.90. The van der Waals surface area contributed by atoms with E-state index >= 15 is 0 Å². The molecular formula is C23H27NO6. The highest BCUT2D eigenvalue weighted by atomic mass is 16.8. The molecule has 0 amide bonds. The van der Waals surface area contributed by atoms with Gasteiger partial charge in [0, 0.05) is 11.5 Å². The van der Waals surface area contributed by atoms with E-state index in [4.69, 9.17) is 9.57 Å². The molecule has 1 aliphatic carbocycles. The zero-order valence-corrected chi connectivity index (χ0v) is 17.5. The van der Waals surface area contributed by atoms with E-state index in [1.807, 2.05) is 48.5 Å². The molecule has 2 N–H and O–H groups in total. The second kappa shape index (κ2) is 8.45. The lowest BCUT2D eigenvalue weighted by Gasteiger charge is -2.37. The van der Waals surface area contributed by atoms with Gasteiger partial charge >= 0.3 is 12.1 Å². The summed E-state index contributed by atoms with van der Waals surface area (Å²) in [5, 5.41) is 20.3. The van der Waals surface area contributed by atoms with E-state index in [2.05, 4.69) is 0 Å². The average Bonchev–Trinajstić information content (AvgIpc) is 2.98. The minimum Gasteiger partial charge on any atom is -0.480 e. The number of carboxylic acid groups (broad SMARTS) is 1. The van der Waals surface area contributed by atoms with Gasteiger partial charge in [0.2, 0.25) is 0 Å². The van der Waals surface area contributed by atoms with E-state index in [1.54, 1.807) is 20.8 Å². The van der Waals surface area contributed by atoms with Crippen LogP contribution in [-0.2, 0) is 14.4 Å². The van der Waals surface area contributed by atoms with E-state index in [0.717, 1.165) is 27.3 Å². The summed E-state index contributed by atoms with van der Waals surface area (Å²) in [5.74, 6) is -1.44. The van der Waals surface area contributed by atoms with E-state index in [0.29, 0.717) is 0 Å². The number of nitrogens with zero attached hydrogens (tertiary/aromatic N) is 1. The van der Waals surface area contributed by atoms with Gasteiger partial charge in [0.25, 0.3) is 0 Å². The molecule has 0 radical (unpaired) electrons. The zero-order valence-electron chi connectivity index (χ0n) is 17.5. The molecule has 2 atom stereocenters. The quantitative estimate of drug-likeness (QED) is 0.549. The van der Waals surface area contributed by atoms with Crippen molar-refractivity contribution >= 4 is 12.1 Å². The van der Waals surface area contributed by atoms with Crippen molar-refractivity contribution in [2.75, 3.05) is 6.61 Å². The van der Waals surface area contributed by atoms with Crippen LogP contribution in [0.1, 0.15) is 44.7 Å². The van der Waals surface area contributed by atoms with Gasteiger partial charge in [-0.05, 0) is 49.9 Å². The molecular weight excluding hydrogens is 386 g/mol. The molecule has 0 bridgehead atoms. The molecule has 7 heteroatoms. The first-order valence-electron chi connectivity index (χ1n) is 9.84. The Morgan fingerprint density at radius 3 is 1.97 bits per heavy atom. The number of aliphatic hydroxyl groups is 1. The first kappa shape index (κ1) is 21.8. The summed E-state index contributed by atoms with van der Waals surface area (Å²) >= 11 is 0. The summed E-state index contributed by atoms with van der Waals surface area (Å²) < 4.78 is 5.40. The molecule has 160 valence electrons. The number of ether oxygens (including phenoxy) is 1. The predicted octanol–water partition coefficient (Wildman–Crippen LogP) is 3.80. The lowest BCUT2D eigenvalue weighted by molar-refractivity contribution is -0.224. The number of carbonyl (C=O) groups is 2. The van der Waals surface area contributed by atoms with Gasteiger partial charge in [-0.3, -0.25) is 4.79 Å². The maximum Gasteiger partial charge on any atom is 0.527 e. The SMILES string of the molecule is C[C@H](O)[C@H](C(=O)O)N(OC(=O)OCC1c2ccccc2-c2ccccc21)C(C)(C)C. The largest absolute Gasteiger partial charge is 0.527 e. The molecule has 0 aromatic heterocycles. The normalized spacial score (nSPS) is 15.3. The molecule has 2 aromatic rings. The van der Waals surface area contributed by atoms with Crippen molar-refractivity contribution in [3.8, 4) is 11.1 Å². The number of fused-ring (bicyclic) bond motifs is 3. The Kier molecular flexibility index (Phi) is 6.14. The second-order valence-corrected chi connectivity index (χ2v) is 8.40. The fourth-order valence-corrected chi connectivity index (χ4v) is 3.81. The number of benzene rings is 2. The maximum atomic E-state index is 12.5. The van der Waals surface area contributed by atoms with E-state index in [9.17, 15) is 19.8 Å². The van der Waals surface area contributed by atoms with Crippen LogP contribution < -0.4 is 0 Å². The van der Waals surface area contributed by atoms with Crippen molar-refractivity contribution in [3.63, 3.8) is 0 Å². The number of aliphatic carboxylic acids is 1. The highest BCUT2D eigenvalue weighted by molar-refractivity contribution is 5.79. The van der Waals surface area contributed by atoms with Gasteiger partial charge in [0.1, 0.15) is 6.61 Å². The van der Waals surface area contributed by atoms with Crippen LogP contribution in [-0.4, -0.2) is 51.7 Å². The number of rotatable bonds is 6. The van der Waals surface area contributed by atoms with Crippen LogP contribution in [0.3, 0.4) is 0 Å². The van der Waals surface area contributed by atoms with Crippen molar-refractivity contribution in [2.24, 2.45) is 0 Å². The Balaban J connectivity index is 1.76. The number of hydrogen-bond donors (Lipinski definition) is 2. The number of carbonyl (C=O) groups excluding carboxylic acids is 1. The second-order valence-electron chi connectivity index (χ2n) is 8.40. The highest BCUT2D eigenvalue weighted by Crippen LogP contribution is 2.44. The smallest absolute Gasteiger partial charge is 0.480 e. The Morgan fingerprint density at radius 2 is 1.53 bits per heavy atom.